The Balaban J connectivity index is 3.03. The molecular weight excluding hydrogens is 311 g/mol. The van der Waals surface area contributed by atoms with Gasteiger partial charge < -0.3 is 5.11 Å². The predicted molar refractivity (Wildman–Crippen MR) is 69.9 cm³/mol. The number of rotatable bonds is 6. The van der Waals surface area contributed by atoms with E-state index in [0.717, 1.165) is 0 Å². The van der Waals surface area contributed by atoms with Gasteiger partial charge in [-0.1, -0.05) is 42.8 Å². The zero-order valence-corrected chi connectivity index (χ0v) is 11.9. The van der Waals surface area contributed by atoms with Gasteiger partial charge in [0.25, 0.3) is 0 Å². The van der Waals surface area contributed by atoms with Gasteiger partial charge in [0, 0.05) is 0 Å². The molecule has 118 valence electrons. The van der Waals surface area contributed by atoms with Crippen molar-refractivity contribution < 1.29 is 31.0 Å². The fourth-order valence-electron chi connectivity index (χ4n) is 1.42. The summed E-state index contributed by atoms with van der Waals surface area (Å²) in [5.41, 5.74) is -4.41. The van der Waals surface area contributed by atoms with Crippen LogP contribution in [0.15, 0.2) is 29.4 Å². The standard InChI is InChI=1S/C12H14F3NO4S/c1-2-3-11(10-6-4-9(8-17)5-7-10)16-20-21(18,19)12(13,14)15/h4-7,17H,2-3,8H2,1H3. The molecule has 0 aliphatic heterocycles. The summed E-state index contributed by atoms with van der Waals surface area (Å²) in [6.45, 7) is 1.58. The minimum Gasteiger partial charge on any atom is -0.392 e. The number of oxime groups is 1. The van der Waals surface area contributed by atoms with Crippen LogP contribution in [0.1, 0.15) is 30.9 Å². The normalized spacial score (nSPS) is 13.3. The van der Waals surface area contributed by atoms with Crippen LogP contribution in [-0.2, 0) is 21.0 Å². The van der Waals surface area contributed by atoms with Crippen LogP contribution in [0, 0.1) is 0 Å². The van der Waals surface area contributed by atoms with Crippen LogP contribution in [-0.4, -0.2) is 24.7 Å². The molecule has 1 aromatic carbocycles. The largest absolute Gasteiger partial charge is 0.536 e. The second-order valence-electron chi connectivity index (χ2n) is 4.12. The van der Waals surface area contributed by atoms with Crippen molar-refractivity contribution >= 4 is 15.8 Å². The molecule has 0 aliphatic carbocycles. The smallest absolute Gasteiger partial charge is 0.392 e. The quantitative estimate of drug-likeness (QED) is 0.495. The van der Waals surface area contributed by atoms with Crippen molar-refractivity contribution in [1.29, 1.82) is 0 Å². The molecule has 1 N–H and O–H groups in total. The molecule has 1 rings (SSSR count). The monoisotopic (exact) mass is 325 g/mol. The van der Waals surface area contributed by atoms with Crippen molar-refractivity contribution in [2.45, 2.75) is 31.9 Å². The van der Waals surface area contributed by atoms with Crippen LogP contribution >= 0.6 is 0 Å². The minimum absolute atomic E-state index is 0.0785. The van der Waals surface area contributed by atoms with Gasteiger partial charge in [-0.15, -0.1) is 0 Å². The van der Waals surface area contributed by atoms with Gasteiger partial charge >= 0.3 is 15.6 Å². The summed E-state index contributed by atoms with van der Waals surface area (Å²) >= 11 is 0. The van der Waals surface area contributed by atoms with E-state index < -0.39 is 15.6 Å². The topological polar surface area (TPSA) is 76.0 Å². The molecule has 0 unspecified atom stereocenters. The first kappa shape index (κ1) is 17.4. The highest BCUT2D eigenvalue weighted by Gasteiger charge is 2.49. The van der Waals surface area contributed by atoms with E-state index in [2.05, 4.69) is 9.44 Å². The average molecular weight is 325 g/mol. The summed E-state index contributed by atoms with van der Waals surface area (Å²) in [5, 5.41) is 12.0. The van der Waals surface area contributed by atoms with E-state index in [4.69, 9.17) is 5.11 Å². The lowest BCUT2D eigenvalue weighted by molar-refractivity contribution is -0.0540. The summed E-state index contributed by atoms with van der Waals surface area (Å²) in [4.78, 5) is 0. The van der Waals surface area contributed by atoms with E-state index in [1.54, 1.807) is 19.1 Å². The molecule has 0 spiro atoms. The Kier molecular flexibility index (Phi) is 5.73. The molecule has 0 atom stereocenters. The van der Waals surface area contributed by atoms with E-state index in [9.17, 15) is 21.6 Å². The molecule has 0 fully saturated rings. The van der Waals surface area contributed by atoms with Gasteiger partial charge in [-0.2, -0.15) is 21.6 Å². The van der Waals surface area contributed by atoms with E-state index in [-0.39, 0.29) is 18.7 Å². The van der Waals surface area contributed by atoms with Crippen molar-refractivity contribution in [2.24, 2.45) is 5.16 Å². The van der Waals surface area contributed by atoms with Crippen molar-refractivity contribution in [1.82, 2.24) is 0 Å². The van der Waals surface area contributed by atoms with E-state index >= 15 is 0 Å². The van der Waals surface area contributed by atoms with Crippen molar-refractivity contribution in [3.8, 4) is 0 Å². The van der Waals surface area contributed by atoms with Gasteiger partial charge in [0.1, 0.15) is 0 Å². The summed E-state index contributed by atoms with van der Waals surface area (Å²) < 4.78 is 61.8. The van der Waals surface area contributed by atoms with Gasteiger partial charge in [-0.05, 0) is 17.5 Å². The predicted octanol–water partition coefficient (Wildman–Crippen LogP) is 2.55. The number of benzene rings is 1. The highest BCUT2D eigenvalue weighted by molar-refractivity contribution is 7.87. The molecule has 1 aromatic rings. The van der Waals surface area contributed by atoms with Crippen LogP contribution in [0.4, 0.5) is 13.2 Å². The Bertz CT molecular complexity index is 594. The first-order chi connectivity index (χ1) is 9.71. The molecule has 0 bridgehead atoms. The van der Waals surface area contributed by atoms with E-state index in [1.807, 2.05) is 0 Å². The SMILES string of the molecule is CCCC(=NOS(=O)(=O)C(F)(F)F)c1ccc(CO)cc1. The maximum absolute atomic E-state index is 12.2. The number of hydrogen-bond acceptors (Lipinski definition) is 5. The molecule has 0 amide bonds. The fraction of sp³-hybridized carbons (Fsp3) is 0.417. The summed E-state index contributed by atoms with van der Waals surface area (Å²) in [5.74, 6) is 0. The molecule has 21 heavy (non-hydrogen) atoms. The molecule has 5 nitrogen and oxygen atoms in total. The van der Waals surface area contributed by atoms with Gasteiger partial charge in [0.2, 0.25) is 0 Å². The first-order valence-corrected chi connectivity index (χ1v) is 7.39. The van der Waals surface area contributed by atoms with E-state index in [1.165, 1.54) is 12.1 Å². The van der Waals surface area contributed by atoms with E-state index in [0.29, 0.717) is 17.5 Å². The van der Waals surface area contributed by atoms with Gasteiger partial charge in [-0.3, -0.25) is 4.28 Å². The molecule has 0 radical (unpaired) electrons. The number of halogens is 3. The van der Waals surface area contributed by atoms with Crippen LogP contribution in [0.25, 0.3) is 0 Å². The van der Waals surface area contributed by atoms with Crippen molar-refractivity contribution in [3.63, 3.8) is 0 Å². The fourth-order valence-corrected chi connectivity index (χ4v) is 1.69. The lowest BCUT2D eigenvalue weighted by Crippen LogP contribution is -2.24. The minimum atomic E-state index is -5.76. The Hall–Kier alpha value is -1.61. The number of aliphatic hydroxyl groups excluding tert-OH is 1. The maximum atomic E-state index is 12.2. The molecule has 9 heteroatoms. The number of hydrogen-bond donors (Lipinski definition) is 1. The Morgan fingerprint density at radius 2 is 1.86 bits per heavy atom. The van der Waals surface area contributed by atoms with Crippen LogP contribution in [0.3, 0.4) is 0 Å². The van der Waals surface area contributed by atoms with Gasteiger partial charge in [0.05, 0.1) is 12.3 Å². The van der Waals surface area contributed by atoms with Crippen LogP contribution < -0.4 is 0 Å². The van der Waals surface area contributed by atoms with Gasteiger partial charge in [-0.25, -0.2) is 0 Å². The second-order valence-corrected chi connectivity index (χ2v) is 5.64. The Labute approximate surface area is 120 Å². The van der Waals surface area contributed by atoms with Gasteiger partial charge in [0.15, 0.2) is 0 Å². The number of aliphatic hydroxyl groups is 1. The molecule has 0 aliphatic rings. The zero-order chi connectivity index (χ0) is 16.1. The third-order valence-electron chi connectivity index (χ3n) is 2.49. The van der Waals surface area contributed by atoms with Crippen LogP contribution in [0.2, 0.25) is 0 Å². The van der Waals surface area contributed by atoms with Crippen molar-refractivity contribution in [2.75, 3.05) is 0 Å². The lowest BCUT2D eigenvalue weighted by atomic mass is 10.0. The van der Waals surface area contributed by atoms with Crippen LogP contribution in [0.5, 0.6) is 0 Å². The zero-order valence-electron chi connectivity index (χ0n) is 11.1. The Morgan fingerprint density at radius 3 is 2.29 bits per heavy atom. The van der Waals surface area contributed by atoms with Crippen molar-refractivity contribution in [3.05, 3.63) is 35.4 Å². The lowest BCUT2D eigenvalue weighted by Gasteiger charge is -2.08. The molecular formula is C12H14F3NO4S. The summed E-state index contributed by atoms with van der Waals surface area (Å²) in [7, 11) is -5.76. The molecule has 0 saturated heterocycles. The third kappa shape index (κ3) is 4.71. The maximum Gasteiger partial charge on any atom is 0.536 e. The summed E-state index contributed by atoms with van der Waals surface area (Å²) in [6, 6.07) is 6.14. The average Bonchev–Trinajstić information content (AvgIpc) is 2.42. The second kappa shape index (κ2) is 6.90. The third-order valence-corrected chi connectivity index (χ3v) is 3.32. The first-order valence-electron chi connectivity index (χ1n) is 5.98. The molecule has 0 heterocycles. The Morgan fingerprint density at radius 1 is 1.29 bits per heavy atom. The molecule has 0 aromatic heterocycles. The molecule has 0 saturated carbocycles. The highest BCUT2D eigenvalue weighted by Crippen LogP contribution is 2.25. The number of nitrogens with zero attached hydrogens (tertiary/aromatic N) is 1. The number of alkyl halides is 3. The highest BCUT2D eigenvalue weighted by atomic mass is 32.2. The summed E-state index contributed by atoms with van der Waals surface area (Å²) in [6.07, 6.45) is 0.780.